The van der Waals surface area contributed by atoms with Crippen molar-refractivity contribution in [3.63, 3.8) is 0 Å². The lowest BCUT2D eigenvalue weighted by atomic mass is 9.82. The van der Waals surface area contributed by atoms with Crippen molar-refractivity contribution in [1.82, 2.24) is 0 Å². The molecule has 0 N–H and O–H groups in total. The predicted octanol–water partition coefficient (Wildman–Crippen LogP) is 6.20. The molecule has 0 fully saturated rings. The molecule has 0 saturated carbocycles. The number of hydrogen-bond acceptors (Lipinski definition) is 2. The van der Waals surface area contributed by atoms with Crippen LogP contribution in [0.5, 0.6) is 0 Å². The van der Waals surface area contributed by atoms with Gasteiger partial charge in [-0.3, -0.25) is 0 Å². The van der Waals surface area contributed by atoms with E-state index in [0.29, 0.717) is 5.75 Å². The van der Waals surface area contributed by atoms with E-state index in [1.165, 1.54) is 0 Å². The smallest absolute Gasteiger partial charge is 0.0806 e. The van der Waals surface area contributed by atoms with Crippen LogP contribution in [-0.2, 0) is 9.73 Å². The zero-order valence-electron chi connectivity index (χ0n) is 15.0. The standard InChI is InChI=1S/C20H26ClNOS/c1-16-11-13-18(14-12-16)24(23,15-19(2,3)20(4,5)21)22-17-9-7-6-8-10-17/h6-14H,15H2,1-5H3. The van der Waals surface area contributed by atoms with E-state index in [4.69, 9.17) is 11.6 Å². The molecule has 24 heavy (non-hydrogen) atoms. The molecule has 0 bridgehead atoms. The Kier molecular flexibility index (Phi) is 5.46. The highest BCUT2D eigenvalue weighted by atomic mass is 35.5. The molecule has 0 aliphatic rings. The molecule has 0 aliphatic heterocycles. The first-order valence-electron chi connectivity index (χ1n) is 8.09. The van der Waals surface area contributed by atoms with Gasteiger partial charge in [-0.1, -0.05) is 49.7 Å². The number of aryl methyl sites for hydroxylation is 1. The number of rotatable bonds is 5. The second-order valence-corrected chi connectivity index (χ2v) is 10.5. The minimum Gasteiger partial charge on any atom is -0.244 e. The molecular weight excluding hydrogens is 338 g/mol. The third kappa shape index (κ3) is 4.40. The molecule has 2 nitrogen and oxygen atoms in total. The first-order valence-corrected chi connectivity index (χ1v) is 10.2. The summed E-state index contributed by atoms with van der Waals surface area (Å²) in [5.41, 5.74) is 1.51. The normalized spacial score (nSPS) is 14.9. The van der Waals surface area contributed by atoms with E-state index in [1.54, 1.807) is 0 Å². The number of nitrogens with zero attached hydrogens (tertiary/aromatic N) is 1. The Morgan fingerprint density at radius 3 is 2.00 bits per heavy atom. The fraction of sp³-hybridized carbons (Fsp3) is 0.400. The SMILES string of the molecule is Cc1ccc(S(=O)(CC(C)(C)C(C)(C)Cl)=Nc2ccccc2)cc1. The molecule has 1 atom stereocenters. The summed E-state index contributed by atoms with van der Waals surface area (Å²) in [7, 11) is -2.64. The van der Waals surface area contributed by atoms with Gasteiger partial charge in [0.1, 0.15) is 0 Å². The summed E-state index contributed by atoms with van der Waals surface area (Å²) >= 11 is 6.58. The Labute approximate surface area is 151 Å². The highest BCUT2D eigenvalue weighted by Gasteiger charge is 2.38. The summed E-state index contributed by atoms with van der Waals surface area (Å²) in [6.45, 7) is 10.0. The van der Waals surface area contributed by atoms with Gasteiger partial charge in [-0.25, -0.2) is 4.21 Å². The lowest BCUT2D eigenvalue weighted by Gasteiger charge is -2.37. The molecule has 0 heterocycles. The van der Waals surface area contributed by atoms with Gasteiger partial charge in [-0.2, -0.15) is 4.36 Å². The van der Waals surface area contributed by atoms with Gasteiger partial charge >= 0.3 is 0 Å². The number of benzene rings is 2. The highest BCUT2D eigenvalue weighted by Crippen LogP contribution is 2.39. The van der Waals surface area contributed by atoms with E-state index in [9.17, 15) is 4.21 Å². The van der Waals surface area contributed by atoms with Crippen LogP contribution in [-0.4, -0.2) is 14.8 Å². The zero-order valence-corrected chi connectivity index (χ0v) is 16.6. The molecule has 0 aromatic heterocycles. The van der Waals surface area contributed by atoms with Gasteiger partial charge in [0.2, 0.25) is 0 Å². The van der Waals surface area contributed by atoms with Gasteiger partial charge in [-0.05, 0) is 50.5 Å². The second kappa shape index (κ2) is 6.89. The lowest BCUT2D eigenvalue weighted by molar-refractivity contribution is 0.317. The van der Waals surface area contributed by atoms with Crippen molar-refractivity contribution >= 4 is 27.0 Å². The first kappa shape index (κ1) is 19.0. The van der Waals surface area contributed by atoms with Crippen molar-refractivity contribution < 1.29 is 4.21 Å². The van der Waals surface area contributed by atoms with Crippen LogP contribution in [0.3, 0.4) is 0 Å². The molecule has 130 valence electrons. The minimum atomic E-state index is -2.64. The summed E-state index contributed by atoms with van der Waals surface area (Å²) in [4.78, 5) is 0.262. The quantitative estimate of drug-likeness (QED) is 0.581. The molecular formula is C20H26ClNOS. The van der Waals surface area contributed by atoms with Crippen LogP contribution in [0.1, 0.15) is 33.3 Å². The average molecular weight is 364 g/mol. The van der Waals surface area contributed by atoms with Crippen molar-refractivity contribution in [3.05, 3.63) is 60.2 Å². The van der Waals surface area contributed by atoms with E-state index < -0.39 is 14.6 Å². The Morgan fingerprint density at radius 1 is 0.958 bits per heavy atom. The molecule has 0 saturated heterocycles. The molecule has 0 aliphatic carbocycles. The number of halogens is 1. The van der Waals surface area contributed by atoms with Crippen LogP contribution >= 0.6 is 11.6 Å². The molecule has 0 radical (unpaired) electrons. The minimum absolute atomic E-state index is 0.352. The van der Waals surface area contributed by atoms with Crippen LogP contribution in [0, 0.1) is 12.3 Å². The number of alkyl halides is 1. The van der Waals surface area contributed by atoms with Gasteiger partial charge in [0, 0.05) is 15.5 Å². The van der Waals surface area contributed by atoms with Gasteiger partial charge in [0.15, 0.2) is 0 Å². The van der Waals surface area contributed by atoms with Crippen LogP contribution in [0.2, 0.25) is 0 Å². The van der Waals surface area contributed by atoms with Crippen LogP contribution in [0.15, 0.2) is 63.9 Å². The first-order chi connectivity index (χ1) is 11.0. The Bertz CT molecular complexity index is 796. The van der Waals surface area contributed by atoms with Gasteiger partial charge in [0.05, 0.1) is 15.4 Å². The van der Waals surface area contributed by atoms with Crippen molar-refractivity contribution in [2.45, 2.75) is 44.4 Å². The maximum absolute atomic E-state index is 13.9. The summed E-state index contributed by atoms with van der Waals surface area (Å²) < 4.78 is 18.6. The number of hydrogen-bond donors (Lipinski definition) is 0. The maximum Gasteiger partial charge on any atom is 0.0806 e. The molecule has 2 aromatic rings. The van der Waals surface area contributed by atoms with E-state index >= 15 is 0 Å². The largest absolute Gasteiger partial charge is 0.244 e. The fourth-order valence-corrected chi connectivity index (χ4v) is 5.08. The second-order valence-electron chi connectivity index (χ2n) is 7.38. The van der Waals surface area contributed by atoms with Crippen molar-refractivity contribution in [3.8, 4) is 0 Å². The van der Waals surface area contributed by atoms with Gasteiger partial charge in [0.25, 0.3) is 0 Å². The monoisotopic (exact) mass is 363 g/mol. The van der Waals surface area contributed by atoms with E-state index in [2.05, 4.69) is 4.36 Å². The predicted molar refractivity (Wildman–Crippen MR) is 105 cm³/mol. The van der Waals surface area contributed by atoms with Gasteiger partial charge in [-0.15, -0.1) is 11.6 Å². The van der Waals surface area contributed by atoms with Crippen LogP contribution < -0.4 is 0 Å². The lowest BCUT2D eigenvalue weighted by Crippen LogP contribution is -2.39. The summed E-state index contributed by atoms with van der Waals surface area (Å²) in [5.74, 6) is 0.397. The van der Waals surface area contributed by atoms with Crippen LogP contribution in [0.25, 0.3) is 0 Å². The Hall–Kier alpha value is -1.32. The molecule has 1 unspecified atom stereocenters. The molecule has 0 spiro atoms. The third-order valence-electron chi connectivity index (χ3n) is 4.56. The Balaban J connectivity index is 2.60. The van der Waals surface area contributed by atoms with Crippen molar-refractivity contribution in [2.24, 2.45) is 9.78 Å². The zero-order chi connectivity index (χ0) is 18.0. The molecule has 2 rings (SSSR count). The average Bonchev–Trinajstić information content (AvgIpc) is 2.47. The molecule has 2 aromatic carbocycles. The van der Waals surface area contributed by atoms with Crippen molar-refractivity contribution in [1.29, 1.82) is 0 Å². The van der Waals surface area contributed by atoms with Gasteiger partial charge < -0.3 is 0 Å². The Morgan fingerprint density at radius 2 is 1.50 bits per heavy atom. The summed E-state index contributed by atoms with van der Waals surface area (Å²) in [6.07, 6.45) is 0. The summed E-state index contributed by atoms with van der Waals surface area (Å²) in [6, 6.07) is 17.3. The van der Waals surface area contributed by atoms with E-state index in [0.717, 1.165) is 16.1 Å². The van der Waals surface area contributed by atoms with Crippen LogP contribution in [0.4, 0.5) is 5.69 Å². The molecule has 4 heteroatoms. The van der Waals surface area contributed by atoms with E-state index in [1.807, 2.05) is 89.2 Å². The highest BCUT2D eigenvalue weighted by molar-refractivity contribution is 7.93. The summed E-state index contributed by atoms with van der Waals surface area (Å²) in [5, 5.41) is 0. The third-order valence-corrected chi connectivity index (χ3v) is 7.70. The van der Waals surface area contributed by atoms with E-state index in [-0.39, 0.29) is 5.41 Å². The van der Waals surface area contributed by atoms with Crippen molar-refractivity contribution in [2.75, 3.05) is 5.75 Å². The molecule has 0 amide bonds. The fourth-order valence-electron chi connectivity index (χ4n) is 2.24. The topological polar surface area (TPSA) is 29.4 Å². The maximum atomic E-state index is 13.9.